The predicted molar refractivity (Wildman–Crippen MR) is 80.7 cm³/mol. The number of benzene rings is 1. The molecule has 19 heavy (non-hydrogen) atoms. The minimum Gasteiger partial charge on any atom is -0.368 e. The van der Waals surface area contributed by atoms with E-state index in [2.05, 4.69) is 11.2 Å². The van der Waals surface area contributed by atoms with Crippen LogP contribution in [0.15, 0.2) is 28.8 Å². The number of nitrogens with two attached hydrogens (primary N) is 1. The van der Waals surface area contributed by atoms with Gasteiger partial charge in [-0.1, -0.05) is 28.9 Å². The smallest absolute Gasteiger partial charge is 0.222 e. The van der Waals surface area contributed by atoms with Crippen molar-refractivity contribution in [1.82, 2.24) is 5.16 Å². The van der Waals surface area contributed by atoms with Crippen LogP contribution in [0.4, 0.5) is 5.88 Å². The van der Waals surface area contributed by atoms with Crippen LogP contribution in [0.1, 0.15) is 24.3 Å². The third-order valence-corrected chi connectivity index (χ3v) is 4.86. The van der Waals surface area contributed by atoms with Crippen molar-refractivity contribution in [2.75, 3.05) is 17.2 Å². The fraction of sp³-hybridized carbons (Fsp3) is 0.357. The summed E-state index contributed by atoms with van der Waals surface area (Å²) in [4.78, 5) is 0. The quantitative estimate of drug-likeness (QED) is 0.902. The van der Waals surface area contributed by atoms with Gasteiger partial charge in [-0.25, -0.2) is 0 Å². The lowest BCUT2D eigenvalue weighted by Gasteiger charge is -2.22. The van der Waals surface area contributed by atoms with Gasteiger partial charge in [-0.3, -0.25) is 0 Å². The van der Waals surface area contributed by atoms with Crippen LogP contribution in [0.3, 0.4) is 0 Å². The number of anilines is 1. The molecule has 1 aromatic carbocycles. The van der Waals surface area contributed by atoms with E-state index in [0.717, 1.165) is 16.3 Å². The second kappa shape index (κ2) is 5.47. The van der Waals surface area contributed by atoms with E-state index in [0.29, 0.717) is 11.8 Å². The van der Waals surface area contributed by atoms with Crippen LogP contribution in [-0.2, 0) is 0 Å². The van der Waals surface area contributed by atoms with Crippen molar-refractivity contribution in [3.05, 3.63) is 34.9 Å². The van der Waals surface area contributed by atoms with Crippen LogP contribution >= 0.6 is 23.4 Å². The molecule has 0 atom stereocenters. The van der Waals surface area contributed by atoms with Crippen molar-refractivity contribution < 1.29 is 4.52 Å². The first-order valence-corrected chi connectivity index (χ1v) is 7.87. The molecule has 100 valence electrons. The van der Waals surface area contributed by atoms with Crippen molar-refractivity contribution >= 4 is 29.2 Å². The Balaban J connectivity index is 1.89. The van der Waals surface area contributed by atoms with Crippen LogP contribution in [0.5, 0.6) is 0 Å². The second-order valence-corrected chi connectivity index (χ2v) is 6.37. The van der Waals surface area contributed by atoms with Gasteiger partial charge in [0, 0.05) is 16.7 Å². The lowest BCUT2D eigenvalue weighted by molar-refractivity contribution is 0.439. The number of nitrogens with zero attached hydrogens (tertiary/aromatic N) is 1. The molecule has 3 rings (SSSR count). The summed E-state index contributed by atoms with van der Waals surface area (Å²) in [6.07, 6.45) is 2.42. The molecule has 3 nitrogen and oxygen atoms in total. The van der Waals surface area contributed by atoms with E-state index in [1.807, 2.05) is 23.9 Å². The number of hydrogen-bond donors (Lipinski definition) is 1. The highest BCUT2D eigenvalue weighted by Crippen LogP contribution is 2.37. The number of hydrogen-bond acceptors (Lipinski definition) is 4. The Morgan fingerprint density at radius 2 is 2.05 bits per heavy atom. The maximum Gasteiger partial charge on any atom is 0.222 e. The Kier molecular flexibility index (Phi) is 3.71. The van der Waals surface area contributed by atoms with E-state index in [9.17, 15) is 0 Å². The Labute approximate surface area is 121 Å². The van der Waals surface area contributed by atoms with Crippen LogP contribution in [-0.4, -0.2) is 16.7 Å². The molecule has 2 N–H and O–H groups in total. The highest BCUT2D eigenvalue weighted by atomic mass is 35.5. The van der Waals surface area contributed by atoms with Crippen molar-refractivity contribution in [2.45, 2.75) is 18.8 Å². The molecule has 1 aliphatic rings. The molecule has 0 unspecified atom stereocenters. The van der Waals surface area contributed by atoms with Crippen LogP contribution in [0.2, 0.25) is 5.02 Å². The first kappa shape index (κ1) is 12.9. The molecule has 0 aliphatic carbocycles. The van der Waals surface area contributed by atoms with Gasteiger partial charge in [-0.05, 0) is 41.9 Å². The maximum atomic E-state index is 6.42. The third kappa shape index (κ3) is 2.74. The summed E-state index contributed by atoms with van der Waals surface area (Å²) in [5.41, 5.74) is 8.46. The van der Waals surface area contributed by atoms with Crippen molar-refractivity contribution in [3.63, 3.8) is 0 Å². The molecule has 1 aromatic heterocycles. The van der Waals surface area contributed by atoms with E-state index in [1.54, 1.807) is 6.07 Å². The highest BCUT2D eigenvalue weighted by molar-refractivity contribution is 7.99. The van der Waals surface area contributed by atoms with E-state index >= 15 is 0 Å². The molecule has 0 spiro atoms. The van der Waals surface area contributed by atoms with Gasteiger partial charge in [0.2, 0.25) is 5.88 Å². The zero-order chi connectivity index (χ0) is 13.2. The van der Waals surface area contributed by atoms with Gasteiger partial charge in [0.1, 0.15) is 5.69 Å². The third-order valence-electron chi connectivity index (χ3n) is 3.49. The molecule has 1 aliphatic heterocycles. The molecular formula is C14H15ClN2OS. The number of thioether (sulfide) groups is 1. The van der Waals surface area contributed by atoms with Crippen LogP contribution in [0.25, 0.3) is 11.3 Å². The van der Waals surface area contributed by atoms with Crippen LogP contribution in [0, 0.1) is 0 Å². The SMILES string of the molecule is Nc1cc(-c2ccc(C3CCSCC3)c(Cl)c2)no1. The zero-order valence-electron chi connectivity index (χ0n) is 10.4. The van der Waals surface area contributed by atoms with Gasteiger partial charge < -0.3 is 10.3 Å². The Bertz CT molecular complexity index is 579. The second-order valence-electron chi connectivity index (χ2n) is 4.74. The summed E-state index contributed by atoms with van der Waals surface area (Å²) < 4.78 is 4.89. The Morgan fingerprint density at radius 3 is 2.68 bits per heavy atom. The lowest BCUT2D eigenvalue weighted by atomic mass is 9.92. The first-order chi connectivity index (χ1) is 9.24. The standard InChI is InChI=1S/C14H15ClN2OS/c15-12-7-10(13-8-14(16)18-17-13)1-2-11(12)9-3-5-19-6-4-9/h1-2,7-9H,3-6,16H2. The summed E-state index contributed by atoms with van der Waals surface area (Å²) in [5, 5.41) is 4.72. The fourth-order valence-electron chi connectivity index (χ4n) is 2.45. The summed E-state index contributed by atoms with van der Waals surface area (Å²) in [7, 11) is 0. The van der Waals surface area contributed by atoms with Gasteiger partial charge in [0.15, 0.2) is 0 Å². The van der Waals surface area contributed by atoms with Crippen molar-refractivity contribution in [2.24, 2.45) is 0 Å². The van der Waals surface area contributed by atoms with Crippen molar-refractivity contribution in [3.8, 4) is 11.3 Å². The first-order valence-electron chi connectivity index (χ1n) is 6.34. The molecule has 2 heterocycles. The Morgan fingerprint density at radius 1 is 1.26 bits per heavy atom. The number of rotatable bonds is 2. The highest BCUT2D eigenvalue weighted by Gasteiger charge is 2.19. The van der Waals surface area contributed by atoms with Gasteiger partial charge in [-0.15, -0.1) is 0 Å². The van der Waals surface area contributed by atoms with Gasteiger partial charge in [0.25, 0.3) is 0 Å². The minimum absolute atomic E-state index is 0.319. The largest absolute Gasteiger partial charge is 0.368 e. The molecule has 1 saturated heterocycles. The molecule has 2 aromatic rings. The van der Waals surface area contributed by atoms with Crippen molar-refractivity contribution in [1.29, 1.82) is 0 Å². The fourth-order valence-corrected chi connectivity index (χ4v) is 3.89. The number of aromatic nitrogens is 1. The van der Waals surface area contributed by atoms with E-state index < -0.39 is 0 Å². The monoisotopic (exact) mass is 294 g/mol. The molecule has 0 bridgehead atoms. The van der Waals surface area contributed by atoms with Gasteiger partial charge >= 0.3 is 0 Å². The predicted octanol–water partition coefficient (Wildman–Crippen LogP) is 4.19. The molecular weight excluding hydrogens is 280 g/mol. The lowest BCUT2D eigenvalue weighted by Crippen LogP contribution is -2.08. The average Bonchev–Trinajstić information content (AvgIpc) is 2.86. The summed E-state index contributed by atoms with van der Waals surface area (Å²) in [5.74, 6) is 3.36. The van der Waals surface area contributed by atoms with E-state index in [1.165, 1.54) is 29.9 Å². The number of nitrogen functional groups attached to an aromatic ring is 1. The zero-order valence-corrected chi connectivity index (χ0v) is 12.0. The molecule has 0 saturated carbocycles. The molecule has 1 fully saturated rings. The van der Waals surface area contributed by atoms with Gasteiger partial charge in [-0.2, -0.15) is 11.8 Å². The van der Waals surface area contributed by atoms with Crippen LogP contribution < -0.4 is 5.73 Å². The molecule has 0 radical (unpaired) electrons. The molecule has 0 amide bonds. The topological polar surface area (TPSA) is 52.0 Å². The number of halogens is 1. The normalized spacial score (nSPS) is 16.7. The summed E-state index contributed by atoms with van der Waals surface area (Å²) in [6.45, 7) is 0. The van der Waals surface area contributed by atoms with E-state index in [4.69, 9.17) is 21.9 Å². The maximum absolute atomic E-state index is 6.42. The Hall–Kier alpha value is -1.13. The molecule has 5 heteroatoms. The van der Waals surface area contributed by atoms with E-state index in [-0.39, 0.29) is 0 Å². The minimum atomic E-state index is 0.319. The summed E-state index contributed by atoms with van der Waals surface area (Å²) >= 11 is 8.45. The van der Waals surface area contributed by atoms with Gasteiger partial charge in [0.05, 0.1) is 0 Å². The average molecular weight is 295 g/mol. The summed E-state index contributed by atoms with van der Waals surface area (Å²) in [6, 6.07) is 7.82.